The maximum atomic E-state index is 11.6. The van der Waals surface area contributed by atoms with Gasteiger partial charge in [0.25, 0.3) is 0 Å². The largest absolute Gasteiger partial charge is 0.508 e. The first-order valence-corrected chi connectivity index (χ1v) is 8.90. The summed E-state index contributed by atoms with van der Waals surface area (Å²) >= 11 is 0. The number of benzene rings is 2. The van der Waals surface area contributed by atoms with Gasteiger partial charge in [0.2, 0.25) is 0 Å². The predicted octanol–water partition coefficient (Wildman–Crippen LogP) is 6.13. The zero-order chi connectivity index (χ0) is 18.6. The van der Waals surface area contributed by atoms with Crippen LogP contribution in [0.5, 0.6) is 0 Å². The van der Waals surface area contributed by atoms with Crippen LogP contribution in [-0.4, -0.2) is 19.4 Å². The highest BCUT2D eigenvalue weighted by molar-refractivity contribution is 5.64. The molecule has 0 spiro atoms. The fourth-order valence-electron chi connectivity index (χ4n) is 2.51. The molecule has 0 bridgehead atoms. The summed E-state index contributed by atoms with van der Waals surface area (Å²) in [6.45, 7) is 4.74. The topological polar surface area (TPSA) is 35.5 Å². The average molecular weight is 350 g/mol. The van der Waals surface area contributed by atoms with Gasteiger partial charge in [-0.2, -0.15) is 0 Å². The number of rotatable bonds is 8. The van der Waals surface area contributed by atoms with Gasteiger partial charge in [0, 0.05) is 12.8 Å². The van der Waals surface area contributed by atoms with Crippen molar-refractivity contribution in [3.05, 3.63) is 83.9 Å². The first kappa shape index (κ1) is 19.5. The van der Waals surface area contributed by atoms with Crippen molar-refractivity contribution < 1.29 is 14.3 Å². The monoisotopic (exact) mass is 350 g/mol. The zero-order valence-corrected chi connectivity index (χ0v) is 15.5. The van der Waals surface area contributed by atoms with E-state index >= 15 is 0 Å². The van der Waals surface area contributed by atoms with Crippen molar-refractivity contribution in [3.8, 4) is 0 Å². The maximum Gasteiger partial charge on any atom is 0.508 e. The zero-order valence-electron chi connectivity index (χ0n) is 15.5. The van der Waals surface area contributed by atoms with E-state index in [2.05, 4.69) is 50.3 Å². The molecule has 0 aliphatic rings. The molecule has 3 nitrogen and oxygen atoms in total. The van der Waals surface area contributed by atoms with Crippen LogP contribution in [0.25, 0.3) is 11.1 Å². The summed E-state index contributed by atoms with van der Waals surface area (Å²) in [6.07, 6.45) is 4.86. The normalized spacial score (nSPS) is 11.9. The van der Waals surface area contributed by atoms with Crippen molar-refractivity contribution in [2.24, 2.45) is 0 Å². The molecule has 26 heavy (non-hydrogen) atoms. The molecule has 0 N–H and O–H groups in total. The third kappa shape index (κ3) is 6.98. The number of allylic oxidation sites excluding steroid dienone is 2. The van der Waals surface area contributed by atoms with Crippen LogP contribution in [0.1, 0.15) is 37.8 Å². The van der Waals surface area contributed by atoms with Gasteiger partial charge in [-0.25, -0.2) is 4.79 Å². The predicted molar refractivity (Wildman–Crippen MR) is 107 cm³/mol. The van der Waals surface area contributed by atoms with E-state index < -0.39 is 6.16 Å². The highest BCUT2D eigenvalue weighted by atomic mass is 16.7. The summed E-state index contributed by atoms with van der Waals surface area (Å²) in [5, 5.41) is 0. The van der Waals surface area contributed by atoms with E-state index in [1.54, 1.807) is 0 Å². The van der Waals surface area contributed by atoms with Crippen LogP contribution in [0.2, 0.25) is 0 Å². The molecule has 2 rings (SSSR count). The summed E-state index contributed by atoms with van der Waals surface area (Å²) in [7, 11) is 0. The standard InChI is InChI=1S/C23H26O3/c1-19(21-13-5-3-6-14-21)11-9-17-25-23(24)26-18-10-12-20(2)22-15-7-4-8-16-22/h3-8,11-16H,9-10,17-18H2,1-2H3. The summed E-state index contributed by atoms with van der Waals surface area (Å²) < 4.78 is 10.2. The molecule has 0 aromatic heterocycles. The molecule has 2 aromatic rings. The molecular formula is C23H26O3. The van der Waals surface area contributed by atoms with Crippen LogP contribution in [0.3, 0.4) is 0 Å². The number of carbonyl (C=O) groups is 1. The lowest BCUT2D eigenvalue weighted by Crippen LogP contribution is -2.08. The van der Waals surface area contributed by atoms with Gasteiger partial charge in [-0.3, -0.25) is 0 Å². The van der Waals surface area contributed by atoms with E-state index in [4.69, 9.17) is 9.47 Å². The molecule has 0 saturated heterocycles. The third-order valence-electron chi connectivity index (χ3n) is 4.03. The van der Waals surface area contributed by atoms with E-state index in [-0.39, 0.29) is 0 Å². The van der Waals surface area contributed by atoms with E-state index in [0.717, 1.165) is 0 Å². The van der Waals surface area contributed by atoms with E-state index in [1.807, 2.05) is 36.4 Å². The summed E-state index contributed by atoms with van der Waals surface area (Å²) in [5.74, 6) is 0. The number of hydrogen-bond acceptors (Lipinski definition) is 3. The van der Waals surface area contributed by atoms with Gasteiger partial charge in [-0.05, 0) is 36.1 Å². The Bertz CT molecular complexity index is 667. The number of hydrogen-bond donors (Lipinski definition) is 0. The molecule has 0 radical (unpaired) electrons. The highest BCUT2D eigenvalue weighted by Crippen LogP contribution is 2.14. The van der Waals surface area contributed by atoms with Gasteiger partial charge >= 0.3 is 6.16 Å². The number of carbonyl (C=O) groups excluding carboxylic acids is 1. The average Bonchev–Trinajstić information content (AvgIpc) is 2.69. The Labute approximate surface area is 156 Å². The number of ether oxygens (including phenoxy) is 2. The molecular weight excluding hydrogens is 324 g/mol. The van der Waals surface area contributed by atoms with Gasteiger partial charge in [0.1, 0.15) is 0 Å². The van der Waals surface area contributed by atoms with Gasteiger partial charge in [0.15, 0.2) is 0 Å². The van der Waals surface area contributed by atoms with Gasteiger partial charge in [-0.1, -0.05) is 72.8 Å². The van der Waals surface area contributed by atoms with Crippen molar-refractivity contribution >= 4 is 17.3 Å². The van der Waals surface area contributed by atoms with Crippen molar-refractivity contribution in [2.45, 2.75) is 26.7 Å². The molecule has 3 heteroatoms. The Morgan fingerprint density at radius 3 is 1.50 bits per heavy atom. The second-order valence-corrected chi connectivity index (χ2v) is 6.03. The molecule has 0 atom stereocenters. The Hall–Kier alpha value is -2.81. The molecule has 2 aromatic carbocycles. The molecule has 0 unspecified atom stereocenters. The molecule has 0 aliphatic heterocycles. The molecule has 0 heterocycles. The minimum absolute atomic E-state index is 0.321. The molecule has 0 aliphatic carbocycles. The lowest BCUT2D eigenvalue weighted by Gasteiger charge is -2.05. The van der Waals surface area contributed by atoms with E-state index in [1.165, 1.54) is 22.3 Å². The van der Waals surface area contributed by atoms with Crippen molar-refractivity contribution in [3.63, 3.8) is 0 Å². The fraction of sp³-hybridized carbons (Fsp3) is 0.261. The SMILES string of the molecule is CC(=CCCOC(=O)OCCC=C(C)c1ccccc1)c1ccccc1. The third-order valence-corrected chi connectivity index (χ3v) is 4.03. The summed E-state index contributed by atoms with van der Waals surface area (Å²) in [5.41, 5.74) is 4.69. The van der Waals surface area contributed by atoms with E-state index in [0.29, 0.717) is 26.1 Å². The van der Waals surface area contributed by atoms with Crippen LogP contribution in [0, 0.1) is 0 Å². The fourth-order valence-corrected chi connectivity index (χ4v) is 2.51. The van der Waals surface area contributed by atoms with Gasteiger partial charge < -0.3 is 9.47 Å². The second kappa shape index (κ2) is 10.9. The quantitative estimate of drug-likeness (QED) is 0.424. The minimum atomic E-state index is -0.610. The smallest absolute Gasteiger partial charge is 0.434 e. The minimum Gasteiger partial charge on any atom is -0.434 e. The molecule has 0 fully saturated rings. The Morgan fingerprint density at radius 2 is 1.12 bits per heavy atom. The maximum absolute atomic E-state index is 11.6. The van der Waals surface area contributed by atoms with Crippen LogP contribution in [0.4, 0.5) is 4.79 Å². The molecule has 136 valence electrons. The van der Waals surface area contributed by atoms with Crippen molar-refractivity contribution in [2.75, 3.05) is 13.2 Å². The van der Waals surface area contributed by atoms with E-state index in [9.17, 15) is 4.79 Å². The highest BCUT2D eigenvalue weighted by Gasteiger charge is 2.02. The first-order chi connectivity index (χ1) is 12.7. The lowest BCUT2D eigenvalue weighted by atomic mass is 10.1. The second-order valence-electron chi connectivity index (χ2n) is 6.03. The molecule has 0 amide bonds. The Kier molecular flexibility index (Phi) is 8.20. The summed E-state index contributed by atoms with van der Waals surface area (Å²) in [4.78, 5) is 11.6. The molecule has 0 saturated carbocycles. The van der Waals surface area contributed by atoms with Crippen molar-refractivity contribution in [1.29, 1.82) is 0 Å². The summed E-state index contributed by atoms with van der Waals surface area (Å²) in [6, 6.07) is 20.3. The Morgan fingerprint density at radius 1 is 0.731 bits per heavy atom. The lowest BCUT2D eigenvalue weighted by molar-refractivity contribution is 0.0578. The van der Waals surface area contributed by atoms with Crippen LogP contribution < -0.4 is 0 Å². The van der Waals surface area contributed by atoms with Crippen LogP contribution >= 0.6 is 0 Å². The van der Waals surface area contributed by atoms with Crippen LogP contribution in [0.15, 0.2) is 72.8 Å². The van der Waals surface area contributed by atoms with Gasteiger partial charge in [0.05, 0.1) is 13.2 Å². The van der Waals surface area contributed by atoms with Gasteiger partial charge in [-0.15, -0.1) is 0 Å². The van der Waals surface area contributed by atoms with Crippen LogP contribution in [-0.2, 0) is 9.47 Å². The Balaban J connectivity index is 1.62. The van der Waals surface area contributed by atoms with Crippen molar-refractivity contribution in [1.82, 2.24) is 0 Å². The first-order valence-electron chi connectivity index (χ1n) is 8.90.